The summed E-state index contributed by atoms with van der Waals surface area (Å²) >= 11 is 1.63. The highest BCUT2D eigenvalue weighted by Crippen LogP contribution is 2.33. The third-order valence-electron chi connectivity index (χ3n) is 4.24. The number of nitrogens with zero attached hydrogens (tertiary/aromatic N) is 2. The first-order valence-corrected chi connectivity index (χ1v) is 8.29. The van der Waals surface area contributed by atoms with Crippen LogP contribution in [0.4, 0.5) is 4.39 Å². The molecule has 0 unspecified atom stereocenters. The fourth-order valence-electron chi connectivity index (χ4n) is 3.10. The lowest BCUT2D eigenvalue weighted by Crippen LogP contribution is -2.22. The molecular formula is C17H15FN2OS. The smallest absolute Gasteiger partial charge is 0.262 e. The summed E-state index contributed by atoms with van der Waals surface area (Å²) in [4.78, 5) is 19.3. The van der Waals surface area contributed by atoms with Gasteiger partial charge in [0.15, 0.2) is 0 Å². The summed E-state index contributed by atoms with van der Waals surface area (Å²) < 4.78 is 15.3. The summed E-state index contributed by atoms with van der Waals surface area (Å²) in [5, 5.41) is 0.749. The highest BCUT2D eigenvalue weighted by atomic mass is 32.1. The van der Waals surface area contributed by atoms with Gasteiger partial charge in [-0.1, -0.05) is 18.2 Å². The van der Waals surface area contributed by atoms with E-state index in [9.17, 15) is 9.18 Å². The van der Waals surface area contributed by atoms with E-state index < -0.39 is 0 Å². The molecule has 0 radical (unpaired) electrons. The van der Waals surface area contributed by atoms with E-state index in [1.807, 2.05) is 0 Å². The minimum absolute atomic E-state index is 0.0485. The second kappa shape index (κ2) is 5.32. The molecule has 0 spiro atoms. The van der Waals surface area contributed by atoms with Crippen LogP contribution in [-0.4, -0.2) is 9.55 Å². The number of benzene rings is 1. The highest BCUT2D eigenvalue weighted by Gasteiger charge is 2.20. The molecule has 4 rings (SSSR count). The topological polar surface area (TPSA) is 34.9 Å². The van der Waals surface area contributed by atoms with Crippen molar-refractivity contribution < 1.29 is 4.39 Å². The Morgan fingerprint density at radius 1 is 1.23 bits per heavy atom. The molecule has 0 N–H and O–H groups in total. The van der Waals surface area contributed by atoms with Gasteiger partial charge in [0.2, 0.25) is 0 Å². The maximum atomic E-state index is 13.8. The van der Waals surface area contributed by atoms with Crippen LogP contribution in [0.5, 0.6) is 0 Å². The Bertz CT molecular complexity index is 913. The average Bonchev–Trinajstić information content (AvgIpc) is 2.91. The van der Waals surface area contributed by atoms with E-state index in [0.717, 1.165) is 29.5 Å². The summed E-state index contributed by atoms with van der Waals surface area (Å²) in [5.74, 6) is -0.290. The van der Waals surface area contributed by atoms with Crippen LogP contribution in [0.25, 0.3) is 10.2 Å². The monoisotopic (exact) mass is 314 g/mol. The molecule has 1 aromatic carbocycles. The molecule has 5 heteroatoms. The van der Waals surface area contributed by atoms with Crippen molar-refractivity contribution in [2.45, 2.75) is 32.2 Å². The molecule has 0 atom stereocenters. The Balaban J connectivity index is 1.84. The quantitative estimate of drug-likeness (QED) is 0.725. The zero-order valence-electron chi connectivity index (χ0n) is 12.0. The number of aromatic nitrogens is 2. The van der Waals surface area contributed by atoms with Gasteiger partial charge in [-0.2, -0.15) is 0 Å². The van der Waals surface area contributed by atoms with Crippen molar-refractivity contribution in [1.29, 1.82) is 0 Å². The summed E-state index contributed by atoms with van der Waals surface area (Å²) in [5.41, 5.74) is 1.63. The molecule has 0 amide bonds. The maximum Gasteiger partial charge on any atom is 0.262 e. The summed E-state index contributed by atoms with van der Waals surface area (Å²) in [6, 6.07) is 6.55. The molecule has 0 saturated heterocycles. The Morgan fingerprint density at radius 2 is 2.05 bits per heavy atom. The fraction of sp³-hybridized carbons (Fsp3) is 0.294. The molecule has 3 aromatic rings. The lowest BCUT2D eigenvalue weighted by Gasteiger charge is -2.10. The van der Waals surface area contributed by atoms with Crippen LogP contribution in [-0.2, 0) is 19.4 Å². The van der Waals surface area contributed by atoms with Crippen molar-refractivity contribution in [2.75, 3.05) is 0 Å². The minimum Gasteiger partial charge on any atom is -0.294 e. The molecule has 2 aromatic heterocycles. The van der Waals surface area contributed by atoms with Crippen molar-refractivity contribution in [3.05, 3.63) is 62.8 Å². The second-order valence-electron chi connectivity index (χ2n) is 5.66. The molecule has 22 heavy (non-hydrogen) atoms. The Morgan fingerprint density at radius 3 is 2.91 bits per heavy atom. The maximum absolute atomic E-state index is 13.8. The van der Waals surface area contributed by atoms with Gasteiger partial charge in [-0.05, 0) is 37.3 Å². The van der Waals surface area contributed by atoms with E-state index in [1.165, 1.54) is 27.5 Å². The Labute approximate surface area is 131 Å². The lowest BCUT2D eigenvalue weighted by atomic mass is 9.97. The first kappa shape index (κ1) is 13.6. The predicted molar refractivity (Wildman–Crippen MR) is 86.0 cm³/mol. The van der Waals surface area contributed by atoms with E-state index in [-0.39, 0.29) is 17.9 Å². The van der Waals surface area contributed by atoms with Gasteiger partial charge >= 0.3 is 0 Å². The largest absolute Gasteiger partial charge is 0.294 e. The molecule has 112 valence electrons. The van der Waals surface area contributed by atoms with Crippen LogP contribution in [0, 0.1) is 5.82 Å². The summed E-state index contributed by atoms with van der Waals surface area (Å²) in [6.07, 6.45) is 5.85. The molecule has 3 nitrogen and oxygen atoms in total. The number of hydrogen-bond acceptors (Lipinski definition) is 3. The number of hydrogen-bond donors (Lipinski definition) is 0. The van der Waals surface area contributed by atoms with Crippen molar-refractivity contribution in [3.63, 3.8) is 0 Å². The molecule has 1 aliphatic rings. The van der Waals surface area contributed by atoms with E-state index >= 15 is 0 Å². The van der Waals surface area contributed by atoms with Gasteiger partial charge in [0.1, 0.15) is 10.6 Å². The van der Waals surface area contributed by atoms with Crippen molar-refractivity contribution >= 4 is 21.6 Å². The number of aryl methyl sites for hydroxylation is 2. The molecule has 0 fully saturated rings. The van der Waals surface area contributed by atoms with Gasteiger partial charge < -0.3 is 0 Å². The van der Waals surface area contributed by atoms with Crippen LogP contribution >= 0.6 is 11.3 Å². The zero-order chi connectivity index (χ0) is 15.1. The van der Waals surface area contributed by atoms with Gasteiger partial charge in [-0.15, -0.1) is 11.3 Å². The number of thiophene rings is 1. The van der Waals surface area contributed by atoms with E-state index in [2.05, 4.69) is 4.98 Å². The van der Waals surface area contributed by atoms with E-state index in [1.54, 1.807) is 35.9 Å². The van der Waals surface area contributed by atoms with Crippen LogP contribution in [0.15, 0.2) is 35.4 Å². The van der Waals surface area contributed by atoms with Crippen molar-refractivity contribution in [3.8, 4) is 0 Å². The normalized spacial score (nSPS) is 14.2. The molecule has 0 saturated carbocycles. The minimum atomic E-state index is -0.290. The molecule has 1 aliphatic carbocycles. The summed E-state index contributed by atoms with van der Waals surface area (Å²) in [6.45, 7) is 0.221. The standard InChI is InChI=1S/C17H15FN2OS/c18-13-7-3-1-5-11(13)9-20-10-19-16-15(17(20)21)12-6-2-4-8-14(12)22-16/h1,3,5,7,10H,2,4,6,8-9H2. The summed E-state index contributed by atoms with van der Waals surface area (Å²) in [7, 11) is 0. The predicted octanol–water partition coefficient (Wildman–Crippen LogP) is 3.52. The zero-order valence-corrected chi connectivity index (χ0v) is 12.8. The van der Waals surface area contributed by atoms with Gasteiger partial charge in [0, 0.05) is 10.4 Å². The SMILES string of the molecule is O=c1c2c3c(sc2ncn1Cc1ccccc1F)CCCC3. The lowest BCUT2D eigenvalue weighted by molar-refractivity contribution is 0.595. The van der Waals surface area contributed by atoms with Gasteiger partial charge in [-0.3, -0.25) is 9.36 Å². The van der Waals surface area contributed by atoms with Gasteiger partial charge in [0.25, 0.3) is 5.56 Å². The van der Waals surface area contributed by atoms with Crippen LogP contribution in [0.2, 0.25) is 0 Å². The fourth-order valence-corrected chi connectivity index (χ4v) is 4.32. The second-order valence-corrected chi connectivity index (χ2v) is 6.74. The van der Waals surface area contributed by atoms with Crippen LogP contribution < -0.4 is 5.56 Å². The average molecular weight is 314 g/mol. The first-order chi connectivity index (χ1) is 10.7. The van der Waals surface area contributed by atoms with E-state index in [0.29, 0.717) is 5.56 Å². The molecule has 0 bridgehead atoms. The first-order valence-electron chi connectivity index (χ1n) is 7.47. The molecular weight excluding hydrogens is 299 g/mol. The van der Waals surface area contributed by atoms with Crippen molar-refractivity contribution in [1.82, 2.24) is 9.55 Å². The molecule has 0 aliphatic heterocycles. The highest BCUT2D eigenvalue weighted by molar-refractivity contribution is 7.18. The van der Waals surface area contributed by atoms with Gasteiger partial charge in [-0.25, -0.2) is 9.37 Å². The van der Waals surface area contributed by atoms with Crippen LogP contribution in [0.1, 0.15) is 28.8 Å². The number of halogens is 1. The van der Waals surface area contributed by atoms with Gasteiger partial charge in [0.05, 0.1) is 18.3 Å². The Kier molecular flexibility index (Phi) is 3.30. The number of rotatable bonds is 2. The Hall–Kier alpha value is -2.01. The third kappa shape index (κ3) is 2.16. The molecule has 2 heterocycles. The van der Waals surface area contributed by atoms with Crippen molar-refractivity contribution in [2.24, 2.45) is 0 Å². The van der Waals surface area contributed by atoms with E-state index in [4.69, 9.17) is 0 Å². The van der Waals surface area contributed by atoms with Crippen LogP contribution in [0.3, 0.4) is 0 Å². The third-order valence-corrected chi connectivity index (χ3v) is 5.44. The number of fused-ring (bicyclic) bond motifs is 3.